The Morgan fingerprint density at radius 1 is 0.647 bits per heavy atom. The average molecular weight is 507 g/mol. The molecule has 0 unspecified atom stereocenters. The van der Waals surface area contributed by atoms with Crippen LogP contribution in [0.25, 0.3) is 0 Å². The first-order valence-corrected chi connectivity index (χ1v) is 13.8. The number of carbonyl (C=O) groups excluding carboxylic acids is 2. The zero-order valence-electron chi connectivity index (χ0n) is 21.1. The molecule has 198 valence electrons. The Kier molecular flexibility index (Phi) is 19.9. The number of hydrogen-bond donors (Lipinski definition) is 0. The fourth-order valence-electron chi connectivity index (χ4n) is 2.49. The monoisotopic (exact) mass is 506 g/mol. The molecule has 0 rings (SSSR count). The van der Waals surface area contributed by atoms with Gasteiger partial charge in [-0.05, 0) is 46.0 Å². The van der Waals surface area contributed by atoms with Gasteiger partial charge < -0.3 is 9.05 Å². The van der Waals surface area contributed by atoms with Gasteiger partial charge in [-0.2, -0.15) is 9.78 Å². The van der Waals surface area contributed by atoms with Crippen molar-refractivity contribution in [3.63, 3.8) is 0 Å². The summed E-state index contributed by atoms with van der Waals surface area (Å²) in [6, 6.07) is 0. The lowest BCUT2D eigenvalue weighted by Crippen LogP contribution is -2.07. The van der Waals surface area contributed by atoms with Crippen LogP contribution in [0.4, 0.5) is 0 Å². The van der Waals surface area contributed by atoms with Crippen LogP contribution >= 0.6 is 7.60 Å². The van der Waals surface area contributed by atoms with Gasteiger partial charge in [0.1, 0.15) is 0 Å². The van der Waals surface area contributed by atoms with Crippen molar-refractivity contribution in [1.29, 1.82) is 0 Å². The van der Waals surface area contributed by atoms with Crippen LogP contribution in [0.15, 0.2) is 24.3 Å². The Balaban J connectivity index is 3.86. The summed E-state index contributed by atoms with van der Waals surface area (Å²) in [5.41, 5.74) is 0.584. The van der Waals surface area contributed by atoms with Crippen LogP contribution in [0.2, 0.25) is 0 Å². The maximum atomic E-state index is 13.0. The first-order valence-electron chi connectivity index (χ1n) is 12.1. The fraction of sp³-hybridized carbons (Fsp3) is 0.750. The Morgan fingerprint density at radius 2 is 1.03 bits per heavy atom. The van der Waals surface area contributed by atoms with Crippen molar-refractivity contribution in [2.45, 2.75) is 85.0 Å². The third-order valence-corrected chi connectivity index (χ3v) is 6.59. The summed E-state index contributed by atoms with van der Waals surface area (Å²) in [5, 5.41) is 0. The second kappa shape index (κ2) is 20.8. The lowest BCUT2D eigenvalue weighted by atomic mass is 10.2. The van der Waals surface area contributed by atoms with E-state index in [1.807, 2.05) is 6.92 Å². The van der Waals surface area contributed by atoms with E-state index in [1.54, 1.807) is 13.8 Å². The van der Waals surface area contributed by atoms with Crippen LogP contribution < -0.4 is 0 Å². The van der Waals surface area contributed by atoms with E-state index < -0.39 is 19.5 Å². The smallest absolute Gasteiger partial charge is 0.309 e. The zero-order valence-corrected chi connectivity index (χ0v) is 22.0. The summed E-state index contributed by atoms with van der Waals surface area (Å²) in [4.78, 5) is 41.1. The molecule has 0 atom stereocenters. The molecule has 0 N–H and O–H groups in total. The van der Waals surface area contributed by atoms with Gasteiger partial charge in [0.25, 0.3) is 0 Å². The van der Waals surface area contributed by atoms with Crippen LogP contribution in [-0.2, 0) is 42.8 Å². The average Bonchev–Trinajstić information content (AvgIpc) is 2.80. The van der Waals surface area contributed by atoms with E-state index in [2.05, 4.69) is 22.9 Å². The molecule has 0 heterocycles. The molecule has 9 nitrogen and oxygen atoms in total. The summed E-state index contributed by atoms with van der Waals surface area (Å²) < 4.78 is 24.3. The molecule has 0 aliphatic rings. The van der Waals surface area contributed by atoms with E-state index >= 15 is 0 Å². The largest absolute Gasteiger partial charge is 0.368 e. The normalized spacial score (nSPS) is 11.3. The quantitative estimate of drug-likeness (QED) is 0.0523. The maximum Gasteiger partial charge on any atom is 0.368 e. The molecule has 0 bridgehead atoms. The third kappa shape index (κ3) is 18.9. The predicted molar refractivity (Wildman–Crippen MR) is 130 cm³/mol. The summed E-state index contributed by atoms with van der Waals surface area (Å²) >= 11 is 0. The first kappa shape index (κ1) is 32.5. The second-order valence-corrected chi connectivity index (χ2v) is 10.3. The van der Waals surface area contributed by atoms with Crippen LogP contribution in [-0.4, -0.2) is 44.5 Å². The van der Waals surface area contributed by atoms with Crippen molar-refractivity contribution in [2.24, 2.45) is 0 Å². The van der Waals surface area contributed by atoms with Gasteiger partial charge in [0, 0.05) is 11.1 Å². The molecule has 10 heteroatoms. The van der Waals surface area contributed by atoms with Gasteiger partial charge in [-0.1, -0.05) is 52.2 Å². The molecule has 0 spiro atoms. The van der Waals surface area contributed by atoms with Crippen molar-refractivity contribution in [3.8, 4) is 0 Å². The molecule has 0 aliphatic carbocycles. The maximum absolute atomic E-state index is 13.0. The number of hydrogen-bond acceptors (Lipinski definition) is 9. The lowest BCUT2D eigenvalue weighted by molar-refractivity contribution is -0.268. The molecule has 0 amide bonds. The lowest BCUT2D eigenvalue weighted by Gasteiger charge is -2.18. The van der Waals surface area contributed by atoms with Crippen LogP contribution in [0, 0.1) is 0 Å². The zero-order chi connectivity index (χ0) is 25.7. The molecule has 0 aliphatic heterocycles. The van der Waals surface area contributed by atoms with Gasteiger partial charge in [0.15, 0.2) is 0 Å². The summed E-state index contributed by atoms with van der Waals surface area (Å²) in [5.74, 6) is -1.13. The van der Waals surface area contributed by atoms with Gasteiger partial charge in [-0.25, -0.2) is 9.59 Å². The minimum Gasteiger partial charge on any atom is -0.309 e. The molecule has 0 saturated heterocycles. The van der Waals surface area contributed by atoms with E-state index in [-0.39, 0.29) is 0 Å². The summed E-state index contributed by atoms with van der Waals surface area (Å²) in [6.07, 6.45) is 8.68. The van der Waals surface area contributed by atoms with E-state index in [4.69, 9.17) is 18.8 Å². The van der Waals surface area contributed by atoms with Crippen molar-refractivity contribution in [2.75, 3.05) is 32.6 Å². The standard InChI is InChI=1S/C24H43O9P/c1-6-7-20-34(27,30-18-14-10-8-12-16-28-32-23(25)21(2)3)31-19-15-11-9-13-17-29-33-24(26)22(4)5/h2,4,6-20H2,1,3,5H3. The molecular formula is C24H43O9P. The molecule has 0 radical (unpaired) electrons. The SMILES string of the molecule is C=C(C)C(=O)OOCCCCCCOP(=O)(CCCC)OCCCCCCOOC(=O)C(=C)C. The number of rotatable bonds is 23. The highest BCUT2D eigenvalue weighted by molar-refractivity contribution is 7.53. The molecule has 34 heavy (non-hydrogen) atoms. The first-order chi connectivity index (χ1) is 16.2. The summed E-state index contributed by atoms with van der Waals surface area (Å²) in [7, 11) is -3.09. The molecule has 0 fully saturated rings. The Morgan fingerprint density at radius 3 is 1.38 bits per heavy atom. The van der Waals surface area contributed by atoms with E-state index in [0.29, 0.717) is 43.7 Å². The Bertz CT molecular complexity index is 600. The highest BCUT2D eigenvalue weighted by Crippen LogP contribution is 2.49. The van der Waals surface area contributed by atoms with E-state index in [0.717, 1.165) is 64.2 Å². The van der Waals surface area contributed by atoms with Crippen molar-refractivity contribution < 1.29 is 42.8 Å². The fourth-order valence-corrected chi connectivity index (χ4v) is 4.34. The molecule has 0 aromatic rings. The topological polar surface area (TPSA) is 107 Å². The summed E-state index contributed by atoms with van der Waals surface area (Å²) in [6.45, 7) is 13.5. The second-order valence-electron chi connectivity index (χ2n) is 8.13. The molecule has 0 saturated carbocycles. The highest BCUT2D eigenvalue weighted by atomic mass is 31.2. The van der Waals surface area contributed by atoms with Crippen LogP contribution in [0.1, 0.15) is 85.0 Å². The predicted octanol–water partition coefficient (Wildman–Crippen LogP) is 6.24. The van der Waals surface area contributed by atoms with E-state index in [9.17, 15) is 14.2 Å². The van der Waals surface area contributed by atoms with Gasteiger partial charge >= 0.3 is 19.5 Å². The molecular weight excluding hydrogens is 463 g/mol. The van der Waals surface area contributed by atoms with Crippen LogP contribution in [0.5, 0.6) is 0 Å². The Labute approximate surface area is 204 Å². The van der Waals surface area contributed by atoms with Gasteiger partial charge in [0.05, 0.1) is 32.6 Å². The van der Waals surface area contributed by atoms with Crippen molar-refractivity contribution >= 4 is 19.5 Å². The Hall–Kier alpha value is -1.51. The minimum absolute atomic E-state index is 0.292. The van der Waals surface area contributed by atoms with Gasteiger partial charge in [-0.15, -0.1) is 0 Å². The number of unbranched alkanes of at least 4 members (excludes halogenated alkanes) is 7. The molecule has 0 aromatic heterocycles. The van der Waals surface area contributed by atoms with Crippen molar-refractivity contribution in [1.82, 2.24) is 0 Å². The van der Waals surface area contributed by atoms with Gasteiger partial charge in [-0.3, -0.25) is 14.3 Å². The van der Waals surface area contributed by atoms with Gasteiger partial charge in [0.2, 0.25) is 0 Å². The van der Waals surface area contributed by atoms with E-state index in [1.165, 1.54) is 0 Å². The highest BCUT2D eigenvalue weighted by Gasteiger charge is 2.23. The van der Waals surface area contributed by atoms with Crippen LogP contribution in [0.3, 0.4) is 0 Å². The van der Waals surface area contributed by atoms with Crippen molar-refractivity contribution in [3.05, 3.63) is 24.3 Å². The molecule has 0 aromatic carbocycles. The number of carbonyl (C=O) groups is 2. The minimum atomic E-state index is -3.09. The third-order valence-electron chi connectivity index (χ3n) is 4.57.